The summed E-state index contributed by atoms with van der Waals surface area (Å²) in [6.45, 7) is 3.27. The second-order valence-corrected chi connectivity index (χ2v) is 9.83. The fourth-order valence-corrected chi connectivity index (χ4v) is 5.04. The Morgan fingerprint density at radius 3 is 2.15 bits per heavy atom. The molecule has 0 saturated carbocycles. The number of fused-ring (bicyclic) bond motifs is 3. The molecule has 3 aromatic carbocycles. The Morgan fingerprint density at radius 2 is 1.55 bits per heavy atom. The number of amides is 2. The summed E-state index contributed by atoms with van der Waals surface area (Å²) >= 11 is 0. The van der Waals surface area contributed by atoms with Crippen LogP contribution in [0, 0.1) is 0 Å². The molecule has 1 aromatic heterocycles. The van der Waals surface area contributed by atoms with E-state index in [-0.39, 0.29) is 24.1 Å². The van der Waals surface area contributed by atoms with Crippen LogP contribution < -0.4 is 9.64 Å². The van der Waals surface area contributed by atoms with Gasteiger partial charge in [0.15, 0.2) is 0 Å². The number of carbonyl (C=O) groups excluding carboxylic acids is 2. The number of hydrogen-bond acceptors (Lipinski definition) is 3. The molecule has 6 nitrogen and oxygen atoms in total. The van der Waals surface area contributed by atoms with Crippen molar-refractivity contribution < 1.29 is 27.5 Å². The van der Waals surface area contributed by atoms with Gasteiger partial charge in [0.1, 0.15) is 18.3 Å². The van der Waals surface area contributed by atoms with Gasteiger partial charge in [-0.1, -0.05) is 24.3 Å². The van der Waals surface area contributed by atoms with Gasteiger partial charge in [-0.3, -0.25) is 14.5 Å². The summed E-state index contributed by atoms with van der Waals surface area (Å²) in [6, 6.07) is 22.1. The van der Waals surface area contributed by atoms with Gasteiger partial charge in [0.05, 0.1) is 29.7 Å². The lowest BCUT2D eigenvalue weighted by atomic mass is 9.97. The van der Waals surface area contributed by atoms with E-state index in [4.69, 9.17) is 4.74 Å². The van der Waals surface area contributed by atoms with E-state index in [9.17, 15) is 22.8 Å². The second-order valence-electron chi connectivity index (χ2n) is 9.83. The fraction of sp³-hybridized carbons (Fsp3) is 0.226. The summed E-state index contributed by atoms with van der Waals surface area (Å²) in [5, 5.41) is 0. The Bertz CT molecular complexity index is 1530. The van der Waals surface area contributed by atoms with E-state index in [0.717, 1.165) is 41.2 Å². The molecule has 2 amide bonds. The number of methoxy groups -OCH3 is 1. The summed E-state index contributed by atoms with van der Waals surface area (Å²) in [5.74, 6) is -0.164. The minimum Gasteiger partial charge on any atom is -0.497 e. The number of alkyl halides is 3. The van der Waals surface area contributed by atoms with Gasteiger partial charge < -0.3 is 14.2 Å². The highest BCUT2D eigenvalue weighted by Gasteiger charge is 2.37. The van der Waals surface area contributed by atoms with Gasteiger partial charge in [0.25, 0.3) is 5.91 Å². The minimum absolute atomic E-state index is 0.0779. The zero-order valence-corrected chi connectivity index (χ0v) is 22.2. The molecule has 0 bridgehead atoms. The van der Waals surface area contributed by atoms with Crippen molar-refractivity contribution >= 4 is 17.5 Å². The molecule has 40 heavy (non-hydrogen) atoms. The maximum Gasteiger partial charge on any atom is 0.416 e. The van der Waals surface area contributed by atoms with Crippen LogP contribution in [0.1, 0.15) is 47.1 Å². The highest BCUT2D eigenvalue weighted by molar-refractivity contribution is 6.02. The lowest BCUT2D eigenvalue weighted by Gasteiger charge is -2.40. The number of rotatable bonds is 6. The van der Waals surface area contributed by atoms with Crippen LogP contribution >= 0.6 is 0 Å². The summed E-state index contributed by atoms with van der Waals surface area (Å²) in [4.78, 5) is 30.7. The molecule has 206 valence electrons. The third-order valence-electron chi connectivity index (χ3n) is 7.07. The molecule has 1 unspecified atom stereocenters. The Hall–Kier alpha value is -4.53. The maximum atomic E-state index is 14.2. The maximum absolute atomic E-state index is 14.2. The Kier molecular flexibility index (Phi) is 7.14. The van der Waals surface area contributed by atoms with Crippen molar-refractivity contribution in [1.82, 2.24) is 9.47 Å². The topological polar surface area (TPSA) is 54.8 Å². The van der Waals surface area contributed by atoms with Gasteiger partial charge >= 0.3 is 6.18 Å². The number of anilines is 1. The molecule has 2 heterocycles. The van der Waals surface area contributed by atoms with Crippen molar-refractivity contribution in [3.8, 4) is 11.4 Å². The first-order chi connectivity index (χ1) is 19.1. The van der Waals surface area contributed by atoms with E-state index in [1.807, 2.05) is 71.4 Å². The van der Waals surface area contributed by atoms with Crippen molar-refractivity contribution in [2.75, 3.05) is 18.6 Å². The quantitative estimate of drug-likeness (QED) is 0.277. The lowest BCUT2D eigenvalue weighted by Crippen LogP contribution is -2.48. The van der Waals surface area contributed by atoms with E-state index < -0.39 is 23.7 Å². The molecular formula is C31H28F3N3O3. The van der Waals surface area contributed by atoms with Gasteiger partial charge in [-0.25, -0.2) is 0 Å². The van der Waals surface area contributed by atoms with E-state index >= 15 is 0 Å². The average molecular weight is 548 g/mol. The molecule has 0 aliphatic carbocycles. The Labute approximate surface area is 230 Å². The number of halogens is 3. The summed E-state index contributed by atoms with van der Waals surface area (Å²) in [5.41, 5.74) is 2.48. The summed E-state index contributed by atoms with van der Waals surface area (Å²) < 4.78 is 46.5. The van der Waals surface area contributed by atoms with Gasteiger partial charge in [0.2, 0.25) is 5.91 Å². The van der Waals surface area contributed by atoms with Gasteiger partial charge in [-0.15, -0.1) is 0 Å². The lowest BCUT2D eigenvalue weighted by molar-refractivity contribution is -0.137. The third-order valence-corrected chi connectivity index (χ3v) is 7.07. The van der Waals surface area contributed by atoms with Crippen molar-refractivity contribution in [3.63, 3.8) is 0 Å². The van der Waals surface area contributed by atoms with Crippen LogP contribution in [0.4, 0.5) is 18.9 Å². The SMILES string of the molecule is COc1ccc(C2c3cccn3-c3ccccc3N2C(=O)CN(C(=O)c2ccc(C(F)(F)F)cc2)C(C)C)cc1. The molecular weight excluding hydrogens is 519 g/mol. The fourth-order valence-electron chi connectivity index (χ4n) is 5.04. The van der Waals surface area contributed by atoms with Crippen molar-refractivity contribution in [2.24, 2.45) is 0 Å². The summed E-state index contributed by atoms with van der Waals surface area (Å²) in [6.07, 6.45) is -2.56. The number of aromatic nitrogens is 1. The zero-order chi connectivity index (χ0) is 28.6. The average Bonchev–Trinajstić information content (AvgIpc) is 3.44. The number of ether oxygens (including phenoxy) is 1. The largest absolute Gasteiger partial charge is 0.497 e. The molecule has 1 atom stereocenters. The van der Waals surface area contributed by atoms with E-state index in [0.29, 0.717) is 11.4 Å². The molecule has 0 spiro atoms. The third kappa shape index (κ3) is 4.95. The van der Waals surface area contributed by atoms with Crippen molar-refractivity contribution in [3.05, 3.63) is 114 Å². The number of para-hydroxylation sites is 2. The van der Waals surface area contributed by atoms with Crippen LogP contribution in [-0.4, -0.2) is 41.0 Å². The molecule has 9 heteroatoms. The van der Waals surface area contributed by atoms with Gasteiger partial charge in [-0.2, -0.15) is 13.2 Å². The van der Waals surface area contributed by atoms with Crippen LogP contribution in [0.5, 0.6) is 5.75 Å². The van der Waals surface area contributed by atoms with Crippen LogP contribution in [0.15, 0.2) is 91.1 Å². The molecule has 4 aromatic rings. The first-order valence-corrected chi connectivity index (χ1v) is 12.8. The molecule has 0 saturated heterocycles. The van der Waals surface area contributed by atoms with Crippen LogP contribution in [0.25, 0.3) is 5.69 Å². The zero-order valence-electron chi connectivity index (χ0n) is 22.2. The smallest absolute Gasteiger partial charge is 0.416 e. The Balaban J connectivity index is 1.52. The molecule has 1 aliphatic rings. The number of hydrogen-bond donors (Lipinski definition) is 0. The predicted molar refractivity (Wildman–Crippen MR) is 146 cm³/mol. The highest BCUT2D eigenvalue weighted by atomic mass is 19.4. The van der Waals surface area contributed by atoms with Gasteiger partial charge in [0, 0.05) is 17.8 Å². The molecule has 5 rings (SSSR count). The summed E-state index contributed by atoms with van der Waals surface area (Å²) in [7, 11) is 1.58. The van der Waals surface area contributed by atoms with Crippen LogP contribution in [0.2, 0.25) is 0 Å². The second kappa shape index (κ2) is 10.6. The number of carbonyl (C=O) groups is 2. The normalized spacial score (nSPS) is 14.5. The first kappa shape index (κ1) is 27.1. The van der Waals surface area contributed by atoms with Crippen molar-refractivity contribution in [2.45, 2.75) is 32.1 Å². The van der Waals surface area contributed by atoms with E-state index in [1.165, 1.54) is 4.90 Å². The van der Waals surface area contributed by atoms with E-state index in [1.54, 1.807) is 25.9 Å². The number of nitrogens with zero attached hydrogens (tertiary/aromatic N) is 3. The van der Waals surface area contributed by atoms with Gasteiger partial charge in [-0.05, 0) is 80.1 Å². The van der Waals surface area contributed by atoms with Crippen LogP contribution in [0.3, 0.4) is 0 Å². The molecule has 1 aliphatic heterocycles. The first-order valence-electron chi connectivity index (χ1n) is 12.8. The molecule has 0 fully saturated rings. The van der Waals surface area contributed by atoms with E-state index in [2.05, 4.69) is 0 Å². The molecule has 0 N–H and O–H groups in total. The van der Waals surface area contributed by atoms with Crippen LogP contribution in [-0.2, 0) is 11.0 Å². The predicted octanol–water partition coefficient (Wildman–Crippen LogP) is 6.49. The monoisotopic (exact) mass is 547 g/mol. The standard InChI is InChI=1S/C31H28F3N3O3/c1-20(2)36(30(39)22-10-14-23(15-11-22)31(32,33)34)19-28(38)37-26-8-5-4-7-25(26)35-18-6-9-27(35)29(37)21-12-16-24(40-3)17-13-21/h4-18,20,29H,19H2,1-3H3. The van der Waals surface area contributed by atoms with Crippen molar-refractivity contribution in [1.29, 1.82) is 0 Å². The number of benzene rings is 3. The highest BCUT2D eigenvalue weighted by Crippen LogP contribution is 2.42. The Morgan fingerprint density at radius 1 is 0.900 bits per heavy atom. The molecule has 0 radical (unpaired) electrons. The minimum atomic E-state index is -4.51.